The van der Waals surface area contributed by atoms with E-state index in [4.69, 9.17) is 10.5 Å². The first-order chi connectivity index (χ1) is 7.16. The highest BCUT2D eigenvalue weighted by atomic mass is 16.5. The topological polar surface area (TPSA) is 47.3 Å². The minimum absolute atomic E-state index is 0.268. The van der Waals surface area contributed by atoms with Crippen molar-refractivity contribution in [1.82, 2.24) is 0 Å². The quantitative estimate of drug-likeness (QED) is 0.729. The molecule has 0 saturated carbocycles. The van der Waals surface area contributed by atoms with Crippen molar-refractivity contribution >= 4 is 11.4 Å². The molecule has 3 nitrogen and oxygen atoms in total. The highest BCUT2D eigenvalue weighted by Gasteiger charge is 2.24. The third-order valence-corrected chi connectivity index (χ3v) is 2.93. The van der Waals surface area contributed by atoms with Crippen LogP contribution < -0.4 is 11.1 Å². The Bertz CT molecular complexity index is 351. The number of hydrogen-bond donors (Lipinski definition) is 2. The van der Waals surface area contributed by atoms with Gasteiger partial charge in [-0.2, -0.15) is 0 Å². The van der Waals surface area contributed by atoms with Crippen LogP contribution in [0.1, 0.15) is 18.9 Å². The van der Waals surface area contributed by atoms with Gasteiger partial charge in [0.05, 0.1) is 23.5 Å². The summed E-state index contributed by atoms with van der Waals surface area (Å²) >= 11 is 0. The van der Waals surface area contributed by atoms with E-state index in [0.717, 1.165) is 24.4 Å². The predicted molar refractivity (Wildman–Crippen MR) is 63.0 cm³/mol. The molecule has 1 saturated heterocycles. The number of hydrogen-bond acceptors (Lipinski definition) is 3. The molecule has 0 bridgehead atoms. The van der Waals surface area contributed by atoms with Crippen molar-refractivity contribution < 1.29 is 4.74 Å². The summed E-state index contributed by atoms with van der Waals surface area (Å²) in [6, 6.07) is 6.43. The van der Waals surface area contributed by atoms with Crippen LogP contribution in [0.4, 0.5) is 11.4 Å². The Kier molecular flexibility index (Phi) is 2.82. The van der Waals surface area contributed by atoms with Crippen molar-refractivity contribution in [1.29, 1.82) is 0 Å². The molecule has 0 radical (unpaired) electrons. The zero-order chi connectivity index (χ0) is 10.8. The number of ether oxygens (including phenoxy) is 1. The molecule has 0 aliphatic carbocycles. The van der Waals surface area contributed by atoms with Crippen LogP contribution in [0.5, 0.6) is 0 Å². The van der Waals surface area contributed by atoms with E-state index in [2.05, 4.69) is 25.2 Å². The van der Waals surface area contributed by atoms with Gasteiger partial charge >= 0.3 is 0 Å². The van der Waals surface area contributed by atoms with Crippen LogP contribution in [0.25, 0.3) is 0 Å². The molecule has 2 rings (SSSR count). The number of aryl methyl sites for hydroxylation is 1. The maximum atomic E-state index is 5.91. The fourth-order valence-corrected chi connectivity index (χ4v) is 1.92. The molecule has 82 valence electrons. The lowest BCUT2D eigenvalue weighted by molar-refractivity contribution is 0.121. The average molecular weight is 206 g/mol. The fourth-order valence-electron chi connectivity index (χ4n) is 1.92. The summed E-state index contributed by atoms with van der Waals surface area (Å²) in [6.45, 7) is 5.00. The van der Waals surface area contributed by atoms with Gasteiger partial charge in [0.2, 0.25) is 0 Å². The molecule has 2 atom stereocenters. The average Bonchev–Trinajstić information content (AvgIpc) is 2.58. The van der Waals surface area contributed by atoms with E-state index in [-0.39, 0.29) is 6.10 Å². The molecule has 2 unspecified atom stereocenters. The standard InChI is InChI=1S/C12H18N2O/c1-8-3-4-10(13)12(7-8)14-11-5-6-15-9(11)2/h3-4,7,9,11,14H,5-6,13H2,1-2H3. The summed E-state index contributed by atoms with van der Waals surface area (Å²) in [7, 11) is 0. The second kappa shape index (κ2) is 4.11. The van der Waals surface area contributed by atoms with E-state index in [1.54, 1.807) is 0 Å². The SMILES string of the molecule is Cc1ccc(N)c(NC2CCOC2C)c1. The van der Waals surface area contributed by atoms with E-state index < -0.39 is 0 Å². The zero-order valence-electron chi connectivity index (χ0n) is 9.29. The maximum absolute atomic E-state index is 5.91. The van der Waals surface area contributed by atoms with E-state index in [1.165, 1.54) is 5.56 Å². The number of nitrogens with one attached hydrogen (secondary N) is 1. The van der Waals surface area contributed by atoms with Gasteiger partial charge in [-0.3, -0.25) is 0 Å². The van der Waals surface area contributed by atoms with Gasteiger partial charge in [-0.15, -0.1) is 0 Å². The second-order valence-electron chi connectivity index (χ2n) is 4.21. The lowest BCUT2D eigenvalue weighted by Crippen LogP contribution is -2.27. The number of anilines is 2. The van der Waals surface area contributed by atoms with E-state index in [1.807, 2.05) is 12.1 Å². The molecule has 0 aromatic heterocycles. The molecule has 0 spiro atoms. The monoisotopic (exact) mass is 206 g/mol. The molecule has 1 aromatic carbocycles. The van der Waals surface area contributed by atoms with Crippen molar-refractivity contribution in [3.8, 4) is 0 Å². The number of nitrogens with two attached hydrogens (primary N) is 1. The molecule has 0 amide bonds. The Morgan fingerprint density at radius 3 is 2.93 bits per heavy atom. The first kappa shape index (κ1) is 10.3. The molecule has 1 aromatic rings. The Morgan fingerprint density at radius 2 is 2.27 bits per heavy atom. The Hall–Kier alpha value is -1.22. The molecule has 3 N–H and O–H groups in total. The smallest absolute Gasteiger partial charge is 0.0748 e. The van der Waals surface area contributed by atoms with Crippen LogP contribution in [0.2, 0.25) is 0 Å². The van der Waals surface area contributed by atoms with E-state index in [9.17, 15) is 0 Å². The van der Waals surface area contributed by atoms with Gasteiger partial charge < -0.3 is 15.8 Å². The molecular formula is C12H18N2O. The molecule has 1 heterocycles. The van der Waals surface area contributed by atoms with Crippen LogP contribution in [-0.4, -0.2) is 18.8 Å². The number of benzene rings is 1. The first-order valence-corrected chi connectivity index (χ1v) is 5.41. The molecule has 1 aliphatic heterocycles. The summed E-state index contributed by atoms with van der Waals surface area (Å²) < 4.78 is 5.50. The Labute approximate surface area is 90.6 Å². The minimum atomic E-state index is 0.268. The van der Waals surface area contributed by atoms with Crippen LogP contribution >= 0.6 is 0 Å². The zero-order valence-corrected chi connectivity index (χ0v) is 9.29. The van der Waals surface area contributed by atoms with Crippen LogP contribution in [-0.2, 0) is 4.74 Å². The lowest BCUT2D eigenvalue weighted by Gasteiger charge is -2.19. The molecule has 1 aliphatic rings. The van der Waals surface area contributed by atoms with Gasteiger partial charge in [0.25, 0.3) is 0 Å². The van der Waals surface area contributed by atoms with Crippen molar-refractivity contribution in [3.63, 3.8) is 0 Å². The summed E-state index contributed by atoms with van der Waals surface area (Å²) in [4.78, 5) is 0. The van der Waals surface area contributed by atoms with Gasteiger partial charge in [-0.1, -0.05) is 6.07 Å². The fraction of sp³-hybridized carbons (Fsp3) is 0.500. The van der Waals surface area contributed by atoms with Crippen LogP contribution in [0, 0.1) is 6.92 Å². The van der Waals surface area contributed by atoms with Crippen molar-refractivity contribution in [2.45, 2.75) is 32.4 Å². The third kappa shape index (κ3) is 2.23. The van der Waals surface area contributed by atoms with Crippen LogP contribution in [0.15, 0.2) is 18.2 Å². The van der Waals surface area contributed by atoms with Gasteiger partial charge in [0.1, 0.15) is 0 Å². The predicted octanol–water partition coefficient (Wildman–Crippen LogP) is 2.17. The molecule has 1 fully saturated rings. The van der Waals surface area contributed by atoms with Crippen LogP contribution in [0.3, 0.4) is 0 Å². The largest absolute Gasteiger partial charge is 0.397 e. The highest BCUT2D eigenvalue weighted by molar-refractivity contribution is 5.67. The van der Waals surface area contributed by atoms with E-state index >= 15 is 0 Å². The summed E-state index contributed by atoms with van der Waals surface area (Å²) in [5.41, 5.74) is 8.96. The molecular weight excluding hydrogens is 188 g/mol. The van der Waals surface area contributed by atoms with Gasteiger partial charge in [-0.25, -0.2) is 0 Å². The molecule has 3 heteroatoms. The molecule has 15 heavy (non-hydrogen) atoms. The van der Waals surface area contributed by atoms with Crippen molar-refractivity contribution in [3.05, 3.63) is 23.8 Å². The summed E-state index contributed by atoms with van der Waals surface area (Å²) in [5, 5.41) is 3.45. The summed E-state index contributed by atoms with van der Waals surface area (Å²) in [5.74, 6) is 0. The van der Waals surface area contributed by atoms with E-state index in [0.29, 0.717) is 6.04 Å². The third-order valence-electron chi connectivity index (χ3n) is 2.93. The second-order valence-corrected chi connectivity index (χ2v) is 4.21. The number of nitrogen functional groups attached to an aromatic ring is 1. The summed E-state index contributed by atoms with van der Waals surface area (Å²) in [6.07, 6.45) is 1.32. The van der Waals surface area contributed by atoms with Gasteiger partial charge in [0, 0.05) is 6.61 Å². The van der Waals surface area contributed by atoms with Gasteiger partial charge in [0.15, 0.2) is 0 Å². The van der Waals surface area contributed by atoms with Gasteiger partial charge in [-0.05, 0) is 38.0 Å². The van der Waals surface area contributed by atoms with Crippen molar-refractivity contribution in [2.24, 2.45) is 0 Å². The normalized spacial score (nSPS) is 25.5. The van der Waals surface area contributed by atoms with Crippen molar-refractivity contribution in [2.75, 3.05) is 17.7 Å². The highest BCUT2D eigenvalue weighted by Crippen LogP contribution is 2.24. The first-order valence-electron chi connectivity index (χ1n) is 5.41. The number of rotatable bonds is 2. The Morgan fingerprint density at radius 1 is 1.47 bits per heavy atom. The lowest BCUT2D eigenvalue weighted by atomic mass is 10.1. The minimum Gasteiger partial charge on any atom is -0.397 e. The maximum Gasteiger partial charge on any atom is 0.0748 e. The Balaban J connectivity index is 2.12.